The fourth-order valence-electron chi connectivity index (χ4n) is 5.17. The molecule has 0 amide bonds. The third-order valence-electron chi connectivity index (χ3n) is 7.38. The average Bonchev–Trinajstić information content (AvgIpc) is 3.53. The number of nitrogens with two attached hydrogens (primary N) is 1. The maximum Gasteiger partial charge on any atom is 0.188 e. The van der Waals surface area contributed by atoms with Crippen LogP contribution in [0.2, 0.25) is 0 Å². The molecule has 0 saturated heterocycles. The predicted molar refractivity (Wildman–Crippen MR) is 141 cm³/mol. The molecule has 1 saturated carbocycles. The molecule has 1 aliphatic carbocycles. The zero-order chi connectivity index (χ0) is 24.3. The van der Waals surface area contributed by atoms with Gasteiger partial charge in [-0.2, -0.15) is 5.10 Å². The minimum atomic E-state index is -0.178. The van der Waals surface area contributed by atoms with Gasteiger partial charge in [-0.05, 0) is 48.6 Å². The number of aromatic nitrogens is 6. The van der Waals surface area contributed by atoms with E-state index in [9.17, 15) is 0 Å². The highest BCUT2D eigenvalue weighted by molar-refractivity contribution is 5.98. The molecule has 4 heterocycles. The van der Waals surface area contributed by atoms with Gasteiger partial charge in [0.2, 0.25) is 0 Å². The van der Waals surface area contributed by atoms with E-state index in [0.29, 0.717) is 5.82 Å². The fraction of sp³-hybridized carbons (Fsp3) is 0.172. The van der Waals surface area contributed by atoms with E-state index in [4.69, 9.17) is 10.7 Å². The van der Waals surface area contributed by atoms with Crippen LogP contribution in [0.3, 0.4) is 0 Å². The number of aryl methyl sites for hydroxylation is 1. The van der Waals surface area contributed by atoms with Crippen molar-refractivity contribution in [2.75, 3.05) is 0 Å². The Morgan fingerprint density at radius 3 is 2.36 bits per heavy atom. The summed E-state index contributed by atoms with van der Waals surface area (Å²) < 4.78 is 3.75. The summed E-state index contributed by atoms with van der Waals surface area (Å²) in [5.74, 6) is 0.708. The zero-order valence-electron chi connectivity index (χ0n) is 20.0. The minimum absolute atomic E-state index is 0.178. The monoisotopic (exact) mass is 471 g/mol. The summed E-state index contributed by atoms with van der Waals surface area (Å²) in [6.45, 7) is 0. The fourth-order valence-corrected chi connectivity index (χ4v) is 5.17. The van der Waals surface area contributed by atoms with E-state index < -0.39 is 0 Å². The first kappa shape index (κ1) is 21.0. The smallest absolute Gasteiger partial charge is 0.188 e. The molecule has 0 unspecified atom stereocenters. The molecule has 2 aromatic carbocycles. The van der Waals surface area contributed by atoms with Crippen LogP contribution in [0.4, 0.5) is 0 Å². The molecule has 7 rings (SSSR count). The summed E-state index contributed by atoms with van der Waals surface area (Å²) in [4.78, 5) is 5.15. The lowest BCUT2D eigenvalue weighted by Crippen LogP contribution is -2.43. The molecule has 176 valence electrons. The first-order valence-electron chi connectivity index (χ1n) is 12.2. The highest BCUT2D eigenvalue weighted by Gasteiger charge is 2.34. The maximum atomic E-state index is 6.57. The number of hydrogen-bond acceptors (Lipinski definition) is 5. The largest absolute Gasteiger partial charge is 0.321 e. The first-order valence-corrected chi connectivity index (χ1v) is 12.2. The molecule has 0 atom stereocenters. The van der Waals surface area contributed by atoms with Crippen molar-refractivity contribution in [3.05, 3.63) is 90.8 Å². The van der Waals surface area contributed by atoms with Crippen LogP contribution in [0.1, 0.15) is 24.8 Å². The quantitative estimate of drug-likeness (QED) is 0.375. The Bertz CT molecular complexity index is 1730. The van der Waals surface area contributed by atoms with Crippen molar-refractivity contribution in [2.24, 2.45) is 12.8 Å². The van der Waals surface area contributed by atoms with Crippen LogP contribution < -0.4 is 5.73 Å². The molecule has 7 nitrogen and oxygen atoms in total. The third-order valence-corrected chi connectivity index (χ3v) is 7.38. The standard InChI is InChI=1S/C29H25N7/c1-35-16-12-25(34-35)28-33-32-27-23-18-22(19-6-3-2-4-7-19)26(31-24(23)13-17-36(27)28)20-8-10-21(11-9-20)29(30)14-5-15-29/h2-4,6-13,16-18H,5,14-15,30H2,1H3. The van der Waals surface area contributed by atoms with Crippen molar-refractivity contribution in [3.8, 4) is 33.9 Å². The number of pyridine rings is 2. The van der Waals surface area contributed by atoms with Crippen LogP contribution in [0, 0.1) is 0 Å². The van der Waals surface area contributed by atoms with Gasteiger partial charge in [0.25, 0.3) is 0 Å². The third kappa shape index (κ3) is 3.24. The van der Waals surface area contributed by atoms with E-state index in [-0.39, 0.29) is 5.54 Å². The van der Waals surface area contributed by atoms with Crippen LogP contribution in [0.15, 0.2) is 85.2 Å². The molecule has 2 N–H and O–H groups in total. The Labute approximate surface area is 208 Å². The van der Waals surface area contributed by atoms with Gasteiger partial charge < -0.3 is 5.73 Å². The lowest BCUT2D eigenvalue weighted by atomic mass is 9.72. The van der Waals surface area contributed by atoms with E-state index in [1.165, 1.54) is 12.0 Å². The molecule has 0 radical (unpaired) electrons. The molecule has 7 heteroatoms. The highest BCUT2D eigenvalue weighted by atomic mass is 15.3. The molecule has 0 spiro atoms. The van der Waals surface area contributed by atoms with Gasteiger partial charge in [-0.1, -0.05) is 54.6 Å². The van der Waals surface area contributed by atoms with E-state index in [2.05, 4.69) is 69.9 Å². The second kappa shape index (κ2) is 7.83. The summed E-state index contributed by atoms with van der Waals surface area (Å²) in [6.07, 6.45) is 7.16. The topological polar surface area (TPSA) is 86.9 Å². The van der Waals surface area contributed by atoms with Gasteiger partial charge in [0.05, 0.1) is 11.2 Å². The second-order valence-corrected chi connectivity index (χ2v) is 9.68. The molecular weight excluding hydrogens is 446 g/mol. The lowest BCUT2D eigenvalue weighted by Gasteiger charge is -2.38. The van der Waals surface area contributed by atoms with Crippen LogP contribution in [0.5, 0.6) is 0 Å². The van der Waals surface area contributed by atoms with Crippen molar-refractivity contribution < 1.29 is 0 Å². The molecular formula is C29H25N7. The Morgan fingerprint density at radius 1 is 0.861 bits per heavy atom. The van der Waals surface area contributed by atoms with Crippen LogP contribution >= 0.6 is 0 Å². The molecule has 0 aliphatic heterocycles. The van der Waals surface area contributed by atoms with E-state index in [1.807, 2.05) is 42.0 Å². The van der Waals surface area contributed by atoms with Crippen LogP contribution in [0.25, 0.3) is 50.5 Å². The summed E-state index contributed by atoms with van der Waals surface area (Å²) in [5.41, 5.74) is 14.2. The average molecular weight is 472 g/mol. The first-order chi connectivity index (χ1) is 17.6. The summed E-state index contributed by atoms with van der Waals surface area (Å²) in [5, 5.41) is 14.4. The van der Waals surface area contributed by atoms with Gasteiger partial charge in [0.1, 0.15) is 5.69 Å². The molecule has 6 aromatic rings. The van der Waals surface area contributed by atoms with Gasteiger partial charge in [0.15, 0.2) is 11.5 Å². The highest BCUT2D eigenvalue weighted by Crippen LogP contribution is 2.40. The van der Waals surface area contributed by atoms with Crippen molar-refractivity contribution >= 4 is 16.6 Å². The Balaban J connectivity index is 1.42. The van der Waals surface area contributed by atoms with Gasteiger partial charge in [-0.3, -0.25) is 9.08 Å². The van der Waals surface area contributed by atoms with E-state index in [1.54, 1.807) is 4.68 Å². The number of benzene rings is 2. The van der Waals surface area contributed by atoms with Crippen molar-refractivity contribution in [2.45, 2.75) is 24.8 Å². The van der Waals surface area contributed by atoms with Gasteiger partial charge >= 0.3 is 0 Å². The number of rotatable bonds is 4. The Kier molecular flexibility index (Phi) is 4.56. The SMILES string of the molecule is Cn1ccc(-c2nnc3c4cc(-c5ccccc5)c(-c5ccc(C6(N)CCC6)cc5)nc4ccn23)n1. The normalized spacial score (nSPS) is 14.8. The zero-order valence-corrected chi connectivity index (χ0v) is 20.0. The van der Waals surface area contributed by atoms with Crippen molar-refractivity contribution in [1.82, 2.24) is 29.4 Å². The van der Waals surface area contributed by atoms with E-state index in [0.717, 1.165) is 57.5 Å². The second-order valence-electron chi connectivity index (χ2n) is 9.68. The molecule has 0 bridgehead atoms. The van der Waals surface area contributed by atoms with Crippen LogP contribution in [-0.2, 0) is 12.6 Å². The number of hydrogen-bond donors (Lipinski definition) is 1. The van der Waals surface area contributed by atoms with Gasteiger partial charge in [0, 0.05) is 41.5 Å². The maximum absolute atomic E-state index is 6.57. The number of fused-ring (bicyclic) bond motifs is 3. The molecule has 4 aromatic heterocycles. The van der Waals surface area contributed by atoms with Crippen molar-refractivity contribution in [1.29, 1.82) is 0 Å². The van der Waals surface area contributed by atoms with Crippen molar-refractivity contribution in [3.63, 3.8) is 0 Å². The summed E-state index contributed by atoms with van der Waals surface area (Å²) >= 11 is 0. The molecule has 1 aliphatic rings. The minimum Gasteiger partial charge on any atom is -0.321 e. The van der Waals surface area contributed by atoms with Gasteiger partial charge in [-0.15, -0.1) is 10.2 Å². The molecule has 1 fully saturated rings. The summed E-state index contributed by atoms with van der Waals surface area (Å²) in [6, 6.07) is 25.1. The predicted octanol–water partition coefficient (Wildman–Crippen LogP) is 5.35. The lowest BCUT2D eigenvalue weighted by molar-refractivity contribution is 0.253. The summed E-state index contributed by atoms with van der Waals surface area (Å²) in [7, 11) is 1.89. The Morgan fingerprint density at radius 2 is 1.67 bits per heavy atom. The molecule has 36 heavy (non-hydrogen) atoms. The van der Waals surface area contributed by atoms with Gasteiger partial charge in [-0.25, -0.2) is 4.98 Å². The Hall–Kier alpha value is -4.36. The van der Waals surface area contributed by atoms with E-state index >= 15 is 0 Å². The number of nitrogens with zero attached hydrogens (tertiary/aromatic N) is 6. The van der Waals surface area contributed by atoms with Crippen LogP contribution in [-0.4, -0.2) is 29.4 Å².